The minimum absolute atomic E-state index is 0.0973. The number of hydrogen-bond acceptors (Lipinski definition) is 6. The van der Waals surface area contributed by atoms with E-state index < -0.39 is 47.9 Å². The number of rotatable bonds is 5. The van der Waals surface area contributed by atoms with Crippen LogP contribution in [0.2, 0.25) is 0 Å². The lowest BCUT2D eigenvalue weighted by Crippen LogP contribution is -2.54. The van der Waals surface area contributed by atoms with E-state index in [-0.39, 0.29) is 22.9 Å². The van der Waals surface area contributed by atoms with Gasteiger partial charge in [-0.25, -0.2) is 0 Å². The lowest BCUT2D eigenvalue weighted by Gasteiger charge is -2.43. The summed E-state index contributed by atoms with van der Waals surface area (Å²) in [6.45, 7) is 5.92. The molecule has 2 rings (SSSR count). The summed E-state index contributed by atoms with van der Waals surface area (Å²) in [4.78, 5) is 22.7. The molecular weight excluding hydrogens is 461 g/mol. The van der Waals surface area contributed by atoms with Gasteiger partial charge in [-0.05, 0) is 24.1 Å². The van der Waals surface area contributed by atoms with E-state index >= 15 is 0 Å². The molecule has 1 aromatic rings. The highest BCUT2D eigenvalue weighted by Gasteiger charge is 2.46. The van der Waals surface area contributed by atoms with Gasteiger partial charge >= 0.3 is 18.1 Å². The Morgan fingerprint density at radius 1 is 1.14 bits per heavy atom. The Hall–Kier alpha value is -1.81. The first-order valence-electron chi connectivity index (χ1n) is 8.89. The molecule has 0 saturated carbocycles. The van der Waals surface area contributed by atoms with E-state index in [2.05, 4.69) is 15.9 Å². The van der Waals surface area contributed by atoms with Crippen LogP contribution >= 0.6 is 15.9 Å². The fraction of sp³-hybridized carbons (Fsp3) is 0.579. The predicted molar refractivity (Wildman–Crippen MR) is 98.9 cm³/mol. The average Bonchev–Trinajstić information content (AvgIpc) is 2.60. The maximum atomic E-state index is 13.4. The zero-order valence-electron chi connectivity index (χ0n) is 16.3. The molecule has 0 radical (unpaired) electrons. The molecule has 0 aliphatic carbocycles. The Morgan fingerprint density at radius 2 is 1.79 bits per heavy atom. The van der Waals surface area contributed by atoms with Crippen molar-refractivity contribution in [2.24, 2.45) is 11.8 Å². The largest absolute Gasteiger partial charge is 0.463 e. The van der Waals surface area contributed by atoms with E-state index in [9.17, 15) is 22.8 Å². The monoisotopic (exact) mass is 482 g/mol. The predicted octanol–water partition coefficient (Wildman–Crippen LogP) is 4.34. The second-order valence-corrected chi connectivity index (χ2v) is 7.81. The molecule has 29 heavy (non-hydrogen) atoms. The SMILES string of the molecule is CC(=O)OCC1OC(Oc2ccc(Br)cc2C(F)(F)F)C(OC(C)=O)C(C)C1C. The van der Waals surface area contributed by atoms with Gasteiger partial charge in [0, 0.05) is 24.2 Å². The number of hydrogen-bond donors (Lipinski definition) is 0. The standard InChI is InChI=1S/C19H22BrF3O6/c1-9-10(2)17(27-12(4)25)18(29-16(9)8-26-11(3)24)28-15-6-5-13(20)7-14(15)19(21,22)23/h5-7,9-10,16-18H,8H2,1-4H3. The summed E-state index contributed by atoms with van der Waals surface area (Å²) < 4.78 is 62.1. The molecule has 1 saturated heterocycles. The smallest absolute Gasteiger partial charge is 0.420 e. The van der Waals surface area contributed by atoms with Gasteiger partial charge in [-0.15, -0.1) is 0 Å². The molecule has 1 aliphatic heterocycles. The lowest BCUT2D eigenvalue weighted by molar-refractivity contribution is -0.254. The first-order chi connectivity index (χ1) is 13.4. The summed E-state index contributed by atoms with van der Waals surface area (Å²) in [5.74, 6) is -2.14. The Balaban J connectivity index is 2.35. The summed E-state index contributed by atoms with van der Waals surface area (Å²) >= 11 is 3.02. The van der Waals surface area contributed by atoms with Crippen LogP contribution in [0, 0.1) is 11.8 Å². The summed E-state index contributed by atoms with van der Waals surface area (Å²) in [5, 5.41) is 0. The Kier molecular flexibility index (Phi) is 7.56. The molecule has 0 aromatic heterocycles. The molecule has 0 bridgehead atoms. The van der Waals surface area contributed by atoms with E-state index in [1.54, 1.807) is 6.92 Å². The normalized spacial score (nSPS) is 27.2. The summed E-state index contributed by atoms with van der Waals surface area (Å²) in [6, 6.07) is 3.45. The molecule has 1 heterocycles. The fourth-order valence-corrected chi connectivity index (χ4v) is 3.41. The van der Waals surface area contributed by atoms with Gasteiger partial charge in [-0.3, -0.25) is 9.59 Å². The number of halogens is 4. The van der Waals surface area contributed by atoms with E-state index in [0.29, 0.717) is 0 Å². The third-order valence-electron chi connectivity index (χ3n) is 4.75. The van der Waals surface area contributed by atoms with Gasteiger partial charge in [0.15, 0.2) is 6.10 Å². The Labute approximate surface area is 174 Å². The Morgan fingerprint density at radius 3 is 2.34 bits per heavy atom. The second-order valence-electron chi connectivity index (χ2n) is 6.89. The molecule has 1 aromatic carbocycles. The maximum Gasteiger partial charge on any atom is 0.420 e. The van der Waals surface area contributed by atoms with Crippen molar-refractivity contribution in [1.29, 1.82) is 0 Å². The molecule has 10 heteroatoms. The molecule has 0 amide bonds. The number of carbonyl (C=O) groups excluding carboxylic acids is 2. The van der Waals surface area contributed by atoms with E-state index in [0.717, 1.165) is 12.1 Å². The Bertz CT molecular complexity index is 752. The van der Waals surface area contributed by atoms with Crippen molar-refractivity contribution in [3.8, 4) is 5.75 Å². The highest BCUT2D eigenvalue weighted by Crippen LogP contribution is 2.40. The van der Waals surface area contributed by atoms with E-state index in [1.165, 1.54) is 19.9 Å². The highest BCUT2D eigenvalue weighted by molar-refractivity contribution is 9.10. The van der Waals surface area contributed by atoms with Gasteiger partial charge in [-0.1, -0.05) is 29.8 Å². The molecule has 1 fully saturated rings. The molecule has 5 unspecified atom stereocenters. The van der Waals surface area contributed by atoms with Crippen molar-refractivity contribution in [3.63, 3.8) is 0 Å². The van der Waals surface area contributed by atoms with E-state index in [4.69, 9.17) is 18.9 Å². The summed E-state index contributed by atoms with van der Waals surface area (Å²) in [6.07, 6.45) is -7.56. The molecule has 0 spiro atoms. The van der Waals surface area contributed by atoms with Crippen molar-refractivity contribution in [3.05, 3.63) is 28.2 Å². The number of esters is 2. The van der Waals surface area contributed by atoms with Crippen LogP contribution in [-0.2, 0) is 30.0 Å². The van der Waals surface area contributed by atoms with Crippen LogP contribution in [0.25, 0.3) is 0 Å². The van der Waals surface area contributed by atoms with Gasteiger partial charge in [0.1, 0.15) is 12.4 Å². The number of benzene rings is 1. The third kappa shape index (κ3) is 6.08. The van der Waals surface area contributed by atoms with Crippen LogP contribution in [0.4, 0.5) is 13.2 Å². The zero-order chi connectivity index (χ0) is 21.9. The van der Waals surface area contributed by atoms with Crippen LogP contribution in [0.15, 0.2) is 22.7 Å². The maximum absolute atomic E-state index is 13.4. The van der Waals surface area contributed by atoms with Crippen LogP contribution in [-0.4, -0.2) is 37.0 Å². The van der Waals surface area contributed by atoms with Gasteiger partial charge in [0.2, 0.25) is 6.29 Å². The summed E-state index contributed by atoms with van der Waals surface area (Å²) in [7, 11) is 0. The number of carbonyl (C=O) groups is 2. The first-order valence-corrected chi connectivity index (χ1v) is 9.69. The first kappa shape index (κ1) is 23.5. The third-order valence-corrected chi connectivity index (χ3v) is 5.25. The zero-order valence-corrected chi connectivity index (χ0v) is 17.9. The minimum Gasteiger partial charge on any atom is -0.463 e. The van der Waals surface area contributed by atoms with Crippen LogP contribution in [0.5, 0.6) is 5.75 Å². The van der Waals surface area contributed by atoms with Crippen molar-refractivity contribution in [2.75, 3.05) is 6.61 Å². The van der Waals surface area contributed by atoms with Crippen LogP contribution in [0.1, 0.15) is 33.3 Å². The molecule has 6 nitrogen and oxygen atoms in total. The minimum atomic E-state index is -4.67. The van der Waals surface area contributed by atoms with Gasteiger partial charge in [0.05, 0.1) is 11.7 Å². The lowest BCUT2D eigenvalue weighted by atomic mass is 9.83. The fourth-order valence-electron chi connectivity index (χ4n) is 3.05. The van der Waals surface area contributed by atoms with Crippen LogP contribution < -0.4 is 4.74 Å². The molecule has 0 N–H and O–H groups in total. The van der Waals surface area contributed by atoms with Gasteiger partial charge in [-0.2, -0.15) is 13.2 Å². The van der Waals surface area contributed by atoms with Crippen molar-refractivity contribution in [1.82, 2.24) is 0 Å². The van der Waals surface area contributed by atoms with Crippen molar-refractivity contribution >= 4 is 27.9 Å². The molecular formula is C19H22BrF3O6. The molecule has 162 valence electrons. The second kappa shape index (κ2) is 9.34. The average molecular weight is 483 g/mol. The van der Waals surface area contributed by atoms with Crippen molar-refractivity contribution in [2.45, 2.75) is 52.4 Å². The van der Waals surface area contributed by atoms with Crippen molar-refractivity contribution < 1.29 is 41.7 Å². The molecule has 5 atom stereocenters. The number of ether oxygens (including phenoxy) is 4. The quantitative estimate of drug-likeness (QED) is 0.581. The highest BCUT2D eigenvalue weighted by atomic mass is 79.9. The topological polar surface area (TPSA) is 71.1 Å². The summed E-state index contributed by atoms with van der Waals surface area (Å²) in [5.41, 5.74) is -1.00. The van der Waals surface area contributed by atoms with Crippen LogP contribution in [0.3, 0.4) is 0 Å². The molecule has 1 aliphatic rings. The van der Waals surface area contributed by atoms with Gasteiger partial charge in [0.25, 0.3) is 0 Å². The van der Waals surface area contributed by atoms with E-state index in [1.807, 2.05) is 6.92 Å². The number of alkyl halides is 3. The van der Waals surface area contributed by atoms with Gasteiger partial charge < -0.3 is 18.9 Å².